The fraction of sp³-hybridized carbons (Fsp3) is 0.348. The van der Waals surface area contributed by atoms with Gasteiger partial charge in [0.15, 0.2) is 0 Å². The fourth-order valence-electron chi connectivity index (χ4n) is 3.52. The molecule has 0 aliphatic heterocycles. The Hall–Kier alpha value is -2.86. The van der Waals surface area contributed by atoms with Crippen LogP contribution in [-0.2, 0) is 9.59 Å². The van der Waals surface area contributed by atoms with Gasteiger partial charge in [0.1, 0.15) is 0 Å². The van der Waals surface area contributed by atoms with Gasteiger partial charge in [-0.05, 0) is 56.0 Å². The standard InChI is InChI=1S/C23H27ClN4O2/c1-15-7-10-19(11-8-15)26-21-12-9-18(24)13-17(21)14-25-28-23(30)22(29)27-20-6-4-3-5-16(20)2/h7-14,16,20,26H,3-6H2,1-2H3,(H,27,29)(H,28,30)/b25-14-/t16-,20-/m1/s1. The van der Waals surface area contributed by atoms with Gasteiger partial charge < -0.3 is 10.6 Å². The summed E-state index contributed by atoms with van der Waals surface area (Å²) in [6.07, 6.45) is 5.68. The second-order valence-corrected chi connectivity index (χ2v) is 8.20. The molecular formula is C23H27ClN4O2. The van der Waals surface area contributed by atoms with Gasteiger partial charge in [0.05, 0.1) is 6.21 Å². The number of nitrogens with one attached hydrogen (secondary N) is 3. The third-order valence-corrected chi connectivity index (χ3v) is 5.58. The molecule has 0 bridgehead atoms. The maximum atomic E-state index is 12.2. The first-order valence-electron chi connectivity index (χ1n) is 10.2. The van der Waals surface area contributed by atoms with E-state index in [-0.39, 0.29) is 6.04 Å². The van der Waals surface area contributed by atoms with Crippen LogP contribution in [0, 0.1) is 12.8 Å². The van der Waals surface area contributed by atoms with Gasteiger partial charge in [0.2, 0.25) is 0 Å². The van der Waals surface area contributed by atoms with Crippen LogP contribution in [0.25, 0.3) is 0 Å². The second-order valence-electron chi connectivity index (χ2n) is 7.76. The summed E-state index contributed by atoms with van der Waals surface area (Å²) in [5.41, 5.74) is 5.85. The summed E-state index contributed by atoms with van der Waals surface area (Å²) in [5, 5.41) is 10.6. The Morgan fingerprint density at radius 1 is 1.07 bits per heavy atom. The molecule has 2 aromatic carbocycles. The van der Waals surface area contributed by atoms with E-state index in [1.54, 1.807) is 12.1 Å². The van der Waals surface area contributed by atoms with Crippen LogP contribution in [0.5, 0.6) is 0 Å². The second kappa shape index (κ2) is 10.3. The zero-order valence-electron chi connectivity index (χ0n) is 17.2. The molecule has 1 aliphatic carbocycles. The van der Waals surface area contributed by atoms with Crippen molar-refractivity contribution in [3.63, 3.8) is 0 Å². The molecule has 0 unspecified atom stereocenters. The van der Waals surface area contributed by atoms with Crippen molar-refractivity contribution in [2.24, 2.45) is 11.0 Å². The molecule has 0 aromatic heterocycles. The Bertz CT molecular complexity index is 927. The highest BCUT2D eigenvalue weighted by Gasteiger charge is 2.25. The van der Waals surface area contributed by atoms with Crippen molar-refractivity contribution in [1.82, 2.24) is 10.7 Å². The van der Waals surface area contributed by atoms with Crippen LogP contribution in [0.2, 0.25) is 5.02 Å². The molecule has 3 rings (SSSR count). The Labute approximate surface area is 182 Å². The van der Waals surface area contributed by atoms with Crippen LogP contribution in [0.1, 0.15) is 43.7 Å². The van der Waals surface area contributed by atoms with Crippen molar-refractivity contribution in [1.29, 1.82) is 0 Å². The molecule has 158 valence electrons. The van der Waals surface area contributed by atoms with E-state index in [0.29, 0.717) is 16.5 Å². The maximum absolute atomic E-state index is 12.2. The SMILES string of the molecule is Cc1ccc(Nc2ccc(Cl)cc2/C=N\NC(=O)C(=O)N[C@@H]2CCCC[C@H]2C)cc1. The minimum atomic E-state index is -0.779. The van der Waals surface area contributed by atoms with Gasteiger partial charge >= 0.3 is 11.8 Å². The number of aryl methyl sites for hydroxylation is 1. The molecule has 6 nitrogen and oxygen atoms in total. The number of halogens is 1. The first kappa shape index (κ1) is 21.8. The van der Waals surface area contributed by atoms with Gasteiger partial charge in [-0.15, -0.1) is 0 Å². The molecule has 1 saturated carbocycles. The molecule has 2 atom stereocenters. The van der Waals surface area contributed by atoms with Gasteiger partial charge in [-0.3, -0.25) is 9.59 Å². The number of carbonyl (C=O) groups is 2. The predicted octanol–water partition coefficient (Wildman–Crippen LogP) is 4.54. The minimum Gasteiger partial charge on any atom is -0.355 e. The van der Waals surface area contributed by atoms with E-state index >= 15 is 0 Å². The van der Waals surface area contributed by atoms with Crippen LogP contribution in [-0.4, -0.2) is 24.1 Å². The smallest absolute Gasteiger partial charge is 0.329 e. The summed E-state index contributed by atoms with van der Waals surface area (Å²) in [7, 11) is 0. The number of nitrogens with zero attached hydrogens (tertiary/aromatic N) is 1. The molecule has 3 N–H and O–H groups in total. The number of hydrazone groups is 1. The van der Waals surface area contributed by atoms with Crippen molar-refractivity contribution < 1.29 is 9.59 Å². The molecule has 1 fully saturated rings. The van der Waals surface area contributed by atoms with Crippen molar-refractivity contribution >= 4 is 41.0 Å². The van der Waals surface area contributed by atoms with Gasteiger partial charge in [0, 0.05) is 28.0 Å². The highest BCUT2D eigenvalue weighted by Crippen LogP contribution is 2.24. The number of amides is 2. The van der Waals surface area contributed by atoms with Gasteiger partial charge in [-0.1, -0.05) is 49.1 Å². The van der Waals surface area contributed by atoms with Crippen LogP contribution in [0.15, 0.2) is 47.6 Å². The topological polar surface area (TPSA) is 82.6 Å². The van der Waals surface area contributed by atoms with Crippen molar-refractivity contribution in [2.45, 2.75) is 45.6 Å². The van der Waals surface area contributed by atoms with Gasteiger partial charge in [-0.25, -0.2) is 5.43 Å². The summed E-state index contributed by atoms with van der Waals surface area (Å²) in [5.74, 6) is -1.06. The Morgan fingerprint density at radius 3 is 2.53 bits per heavy atom. The van der Waals surface area contributed by atoms with Crippen LogP contribution in [0.4, 0.5) is 11.4 Å². The lowest BCUT2D eigenvalue weighted by molar-refractivity contribution is -0.139. The first-order valence-corrected chi connectivity index (χ1v) is 10.6. The number of hydrogen-bond acceptors (Lipinski definition) is 4. The fourth-order valence-corrected chi connectivity index (χ4v) is 3.70. The first-order chi connectivity index (χ1) is 14.4. The number of rotatable bonds is 5. The quantitative estimate of drug-likeness (QED) is 0.373. The van der Waals surface area contributed by atoms with Crippen molar-refractivity contribution in [3.05, 3.63) is 58.6 Å². The minimum absolute atomic E-state index is 0.0409. The van der Waals surface area contributed by atoms with Gasteiger partial charge in [-0.2, -0.15) is 5.10 Å². The summed E-state index contributed by atoms with van der Waals surface area (Å²) < 4.78 is 0. The van der Waals surface area contributed by atoms with E-state index in [1.165, 1.54) is 18.2 Å². The summed E-state index contributed by atoms with van der Waals surface area (Å²) in [6, 6.07) is 13.4. The zero-order chi connectivity index (χ0) is 21.5. The van der Waals surface area contributed by atoms with Crippen LogP contribution in [0.3, 0.4) is 0 Å². The molecule has 0 saturated heterocycles. The Morgan fingerprint density at radius 2 is 1.80 bits per heavy atom. The number of hydrogen-bond donors (Lipinski definition) is 3. The highest BCUT2D eigenvalue weighted by atomic mass is 35.5. The molecule has 0 heterocycles. The highest BCUT2D eigenvalue weighted by molar-refractivity contribution is 6.35. The van der Waals surface area contributed by atoms with E-state index in [1.807, 2.05) is 37.3 Å². The number of benzene rings is 2. The molecule has 0 radical (unpaired) electrons. The van der Waals surface area contributed by atoms with Crippen molar-refractivity contribution in [3.8, 4) is 0 Å². The van der Waals surface area contributed by atoms with E-state index in [4.69, 9.17) is 11.6 Å². The summed E-state index contributed by atoms with van der Waals surface area (Å²) >= 11 is 6.11. The van der Waals surface area contributed by atoms with E-state index < -0.39 is 11.8 Å². The molecule has 2 amide bonds. The molecule has 1 aliphatic rings. The zero-order valence-corrected chi connectivity index (χ0v) is 18.0. The third-order valence-electron chi connectivity index (χ3n) is 5.35. The Kier molecular flexibility index (Phi) is 7.46. The number of carbonyl (C=O) groups excluding carboxylic acids is 2. The molecular weight excluding hydrogens is 400 g/mol. The lowest BCUT2D eigenvalue weighted by Gasteiger charge is -2.29. The lowest BCUT2D eigenvalue weighted by atomic mass is 9.86. The summed E-state index contributed by atoms with van der Waals surface area (Å²) in [4.78, 5) is 24.3. The molecule has 7 heteroatoms. The van der Waals surface area contributed by atoms with Crippen molar-refractivity contribution in [2.75, 3.05) is 5.32 Å². The third kappa shape index (κ3) is 6.07. The van der Waals surface area contributed by atoms with E-state index in [9.17, 15) is 9.59 Å². The average Bonchev–Trinajstić information content (AvgIpc) is 2.73. The largest absolute Gasteiger partial charge is 0.355 e. The summed E-state index contributed by atoms with van der Waals surface area (Å²) in [6.45, 7) is 4.12. The Balaban J connectivity index is 1.62. The van der Waals surface area contributed by atoms with Crippen LogP contribution < -0.4 is 16.1 Å². The normalized spacial score (nSPS) is 18.8. The molecule has 2 aromatic rings. The van der Waals surface area contributed by atoms with Gasteiger partial charge in [0.25, 0.3) is 0 Å². The predicted molar refractivity (Wildman–Crippen MR) is 121 cm³/mol. The molecule has 0 spiro atoms. The average molecular weight is 427 g/mol. The lowest BCUT2D eigenvalue weighted by Crippen LogP contribution is -2.46. The van der Waals surface area contributed by atoms with Crippen LogP contribution >= 0.6 is 11.6 Å². The van der Waals surface area contributed by atoms with E-state index in [0.717, 1.165) is 30.6 Å². The maximum Gasteiger partial charge on any atom is 0.329 e. The molecule has 30 heavy (non-hydrogen) atoms. The monoisotopic (exact) mass is 426 g/mol. The number of anilines is 2. The van der Waals surface area contributed by atoms with E-state index in [2.05, 4.69) is 28.1 Å².